The van der Waals surface area contributed by atoms with Crippen molar-refractivity contribution < 1.29 is 22.0 Å². The number of nitrogens with zero attached hydrogens (tertiary/aromatic N) is 1. The molecule has 0 unspecified atom stereocenters. The molecule has 1 amide bonds. The van der Waals surface area contributed by atoms with Crippen molar-refractivity contribution in [2.45, 2.75) is 25.9 Å². The first-order valence-electron chi connectivity index (χ1n) is 7.91. The smallest absolute Gasteiger partial charge is 0.244 e. The predicted molar refractivity (Wildman–Crippen MR) is 96.1 cm³/mol. The van der Waals surface area contributed by atoms with Gasteiger partial charge in [0.15, 0.2) is 0 Å². The fourth-order valence-electron chi connectivity index (χ4n) is 2.58. The lowest BCUT2D eigenvalue weighted by Gasteiger charge is -2.29. The third-order valence-corrected chi connectivity index (χ3v) is 5.13. The molecule has 5 nitrogen and oxygen atoms in total. The summed E-state index contributed by atoms with van der Waals surface area (Å²) in [5.74, 6) is -1.75. The van der Waals surface area contributed by atoms with Gasteiger partial charge in [0.25, 0.3) is 0 Å². The Balaban J connectivity index is 2.25. The number of hydrogen-bond donors (Lipinski definition) is 1. The van der Waals surface area contributed by atoms with Crippen LogP contribution in [-0.2, 0) is 14.8 Å². The van der Waals surface area contributed by atoms with E-state index in [1.807, 2.05) is 0 Å². The number of para-hydroxylation sites is 1. The molecular formula is C18H20F2N2O3S. The summed E-state index contributed by atoms with van der Waals surface area (Å²) in [6.45, 7) is 3.06. The molecule has 0 fully saturated rings. The Morgan fingerprint density at radius 3 is 2.15 bits per heavy atom. The van der Waals surface area contributed by atoms with Crippen LogP contribution in [0.25, 0.3) is 0 Å². The maximum Gasteiger partial charge on any atom is 0.244 e. The highest BCUT2D eigenvalue weighted by atomic mass is 32.2. The normalized spacial score (nSPS) is 13.7. The van der Waals surface area contributed by atoms with E-state index in [4.69, 9.17) is 0 Å². The van der Waals surface area contributed by atoms with Gasteiger partial charge in [-0.1, -0.05) is 24.3 Å². The van der Waals surface area contributed by atoms with Gasteiger partial charge in [0.1, 0.15) is 17.7 Å². The number of sulfonamides is 1. The molecule has 0 aliphatic heterocycles. The first kappa shape index (κ1) is 19.8. The molecule has 0 aromatic heterocycles. The van der Waals surface area contributed by atoms with Gasteiger partial charge >= 0.3 is 0 Å². The summed E-state index contributed by atoms with van der Waals surface area (Å²) < 4.78 is 52.2. The molecule has 0 aliphatic carbocycles. The summed E-state index contributed by atoms with van der Waals surface area (Å²) in [6.07, 6.45) is 0.909. The second-order valence-corrected chi connectivity index (χ2v) is 7.83. The van der Waals surface area contributed by atoms with Crippen LogP contribution in [0.3, 0.4) is 0 Å². The number of carbonyl (C=O) groups excluding carboxylic acids is 1. The van der Waals surface area contributed by atoms with Gasteiger partial charge in [-0.25, -0.2) is 17.2 Å². The fourth-order valence-corrected chi connectivity index (χ4v) is 3.76. The van der Waals surface area contributed by atoms with Gasteiger partial charge in [-0.3, -0.25) is 9.10 Å². The lowest BCUT2D eigenvalue weighted by Crippen LogP contribution is -2.48. The second kappa shape index (κ2) is 7.82. The van der Waals surface area contributed by atoms with Crippen LogP contribution in [0.1, 0.15) is 25.5 Å². The molecule has 2 aromatic rings. The Morgan fingerprint density at radius 1 is 1.04 bits per heavy atom. The first-order chi connectivity index (χ1) is 12.1. The molecule has 140 valence electrons. The third kappa shape index (κ3) is 4.57. The molecular weight excluding hydrogens is 362 g/mol. The Morgan fingerprint density at radius 2 is 1.62 bits per heavy atom. The van der Waals surface area contributed by atoms with E-state index in [-0.39, 0.29) is 5.69 Å². The average molecular weight is 382 g/mol. The van der Waals surface area contributed by atoms with Gasteiger partial charge in [-0.05, 0) is 43.7 Å². The summed E-state index contributed by atoms with van der Waals surface area (Å²) in [4.78, 5) is 12.6. The number of rotatable bonds is 6. The Labute approximate surface area is 151 Å². The topological polar surface area (TPSA) is 66.5 Å². The van der Waals surface area contributed by atoms with Gasteiger partial charge in [-0.15, -0.1) is 0 Å². The van der Waals surface area contributed by atoms with Crippen molar-refractivity contribution >= 4 is 21.6 Å². The highest BCUT2D eigenvalue weighted by Crippen LogP contribution is 2.24. The van der Waals surface area contributed by atoms with Crippen LogP contribution in [-0.4, -0.2) is 26.6 Å². The van der Waals surface area contributed by atoms with Gasteiger partial charge in [0.05, 0.1) is 18.0 Å². The average Bonchev–Trinajstić information content (AvgIpc) is 2.56. The van der Waals surface area contributed by atoms with E-state index in [0.717, 1.165) is 16.6 Å². The minimum atomic E-state index is -3.91. The minimum Gasteiger partial charge on any atom is -0.348 e. The third-order valence-electron chi connectivity index (χ3n) is 3.91. The van der Waals surface area contributed by atoms with E-state index in [0.29, 0.717) is 5.56 Å². The summed E-state index contributed by atoms with van der Waals surface area (Å²) in [5.41, 5.74) is 0.454. The van der Waals surface area contributed by atoms with E-state index in [9.17, 15) is 22.0 Å². The molecule has 0 bridgehead atoms. The number of nitrogens with one attached hydrogen (secondary N) is 1. The number of anilines is 1. The predicted octanol–water partition coefficient (Wildman–Crippen LogP) is 3.00. The number of carbonyl (C=O) groups is 1. The Kier molecular flexibility index (Phi) is 5.97. The van der Waals surface area contributed by atoms with E-state index in [2.05, 4.69) is 5.32 Å². The second-order valence-electron chi connectivity index (χ2n) is 5.97. The molecule has 0 saturated carbocycles. The van der Waals surface area contributed by atoms with E-state index in [1.165, 1.54) is 49.4 Å². The molecule has 2 aromatic carbocycles. The van der Waals surface area contributed by atoms with Gasteiger partial charge in [-0.2, -0.15) is 0 Å². The lowest BCUT2D eigenvalue weighted by molar-refractivity contribution is -0.122. The molecule has 0 heterocycles. The molecule has 0 saturated heterocycles. The van der Waals surface area contributed by atoms with Crippen molar-refractivity contribution in [3.05, 3.63) is 65.7 Å². The van der Waals surface area contributed by atoms with Crippen LogP contribution < -0.4 is 9.62 Å². The molecule has 0 spiro atoms. The van der Waals surface area contributed by atoms with E-state index < -0.39 is 39.6 Å². The van der Waals surface area contributed by atoms with E-state index >= 15 is 0 Å². The maximum absolute atomic E-state index is 14.1. The summed E-state index contributed by atoms with van der Waals surface area (Å²) in [7, 11) is -3.91. The van der Waals surface area contributed by atoms with Gasteiger partial charge < -0.3 is 5.32 Å². The Bertz CT molecular complexity index is 886. The fraction of sp³-hybridized carbons (Fsp3) is 0.278. The van der Waals surface area contributed by atoms with Crippen molar-refractivity contribution in [1.82, 2.24) is 5.32 Å². The zero-order chi connectivity index (χ0) is 19.5. The number of hydrogen-bond acceptors (Lipinski definition) is 3. The number of benzene rings is 2. The molecule has 1 N–H and O–H groups in total. The van der Waals surface area contributed by atoms with Crippen LogP contribution in [0.15, 0.2) is 48.5 Å². The van der Waals surface area contributed by atoms with Crippen LogP contribution in [0, 0.1) is 11.6 Å². The highest BCUT2D eigenvalue weighted by Gasteiger charge is 2.31. The van der Waals surface area contributed by atoms with Crippen LogP contribution in [0.2, 0.25) is 0 Å². The van der Waals surface area contributed by atoms with Crippen molar-refractivity contribution in [3.63, 3.8) is 0 Å². The molecule has 26 heavy (non-hydrogen) atoms. The molecule has 8 heteroatoms. The van der Waals surface area contributed by atoms with E-state index in [1.54, 1.807) is 6.92 Å². The quantitative estimate of drug-likeness (QED) is 0.835. The van der Waals surface area contributed by atoms with Crippen molar-refractivity contribution in [2.24, 2.45) is 0 Å². The molecule has 2 rings (SSSR count). The molecule has 2 atom stereocenters. The van der Waals surface area contributed by atoms with Crippen molar-refractivity contribution in [3.8, 4) is 0 Å². The van der Waals surface area contributed by atoms with Crippen LogP contribution >= 0.6 is 0 Å². The van der Waals surface area contributed by atoms with Gasteiger partial charge in [0, 0.05) is 0 Å². The summed E-state index contributed by atoms with van der Waals surface area (Å²) in [5, 5.41) is 2.67. The number of halogens is 2. The SMILES string of the molecule is C[C@H](NC(=O)[C@H](C)N(c1ccccc1F)S(C)(=O)=O)c1ccc(F)cc1. The Hall–Kier alpha value is -2.48. The molecule has 0 radical (unpaired) electrons. The lowest BCUT2D eigenvalue weighted by atomic mass is 10.1. The van der Waals surface area contributed by atoms with Crippen molar-refractivity contribution in [2.75, 3.05) is 10.6 Å². The van der Waals surface area contributed by atoms with Crippen LogP contribution in [0.5, 0.6) is 0 Å². The van der Waals surface area contributed by atoms with Crippen LogP contribution in [0.4, 0.5) is 14.5 Å². The number of amides is 1. The largest absolute Gasteiger partial charge is 0.348 e. The highest BCUT2D eigenvalue weighted by molar-refractivity contribution is 7.92. The zero-order valence-corrected chi connectivity index (χ0v) is 15.4. The maximum atomic E-state index is 14.1. The summed E-state index contributed by atoms with van der Waals surface area (Å²) >= 11 is 0. The van der Waals surface area contributed by atoms with Gasteiger partial charge in [0.2, 0.25) is 15.9 Å². The monoisotopic (exact) mass is 382 g/mol. The first-order valence-corrected chi connectivity index (χ1v) is 9.76. The van der Waals surface area contributed by atoms with Crippen molar-refractivity contribution in [1.29, 1.82) is 0 Å². The molecule has 0 aliphatic rings. The summed E-state index contributed by atoms with van der Waals surface area (Å²) in [6, 6.07) is 9.27. The minimum absolute atomic E-state index is 0.202. The standard InChI is InChI=1S/C18H20F2N2O3S/c1-12(14-8-10-15(19)11-9-14)21-18(23)13(2)22(26(3,24)25)17-7-5-4-6-16(17)20/h4-13H,1-3H3,(H,21,23)/t12-,13-/m0/s1. The zero-order valence-electron chi connectivity index (χ0n) is 14.6.